The van der Waals surface area contributed by atoms with Gasteiger partial charge in [0.05, 0.1) is 19.3 Å². The molecule has 0 aromatic carbocycles. The number of aliphatic hydroxyl groups excluding tert-OH is 1. The van der Waals surface area contributed by atoms with E-state index in [1.807, 2.05) is 0 Å². The van der Waals surface area contributed by atoms with Crippen LogP contribution in [-0.4, -0.2) is 48.2 Å². The summed E-state index contributed by atoms with van der Waals surface area (Å²) in [6.07, 6.45) is 0.235. The molecule has 2 atom stereocenters. The Kier molecular flexibility index (Phi) is 3.60. The molecule has 1 aliphatic rings. The average molecular weight is 201 g/mol. The van der Waals surface area contributed by atoms with E-state index in [0.29, 0.717) is 0 Å². The third kappa shape index (κ3) is 1.93. The Morgan fingerprint density at radius 3 is 2.64 bits per heavy atom. The van der Waals surface area contributed by atoms with Crippen molar-refractivity contribution in [3.63, 3.8) is 0 Å². The summed E-state index contributed by atoms with van der Waals surface area (Å²) in [5, 5.41) is 9.01. The van der Waals surface area contributed by atoms with E-state index in [1.165, 1.54) is 7.11 Å². The van der Waals surface area contributed by atoms with Crippen molar-refractivity contribution in [1.82, 2.24) is 4.90 Å². The summed E-state index contributed by atoms with van der Waals surface area (Å²) in [7, 11) is 1.47. The van der Waals surface area contributed by atoms with Crippen LogP contribution in [0.5, 0.6) is 0 Å². The monoisotopic (exact) mass is 201 g/mol. The highest BCUT2D eigenvalue weighted by Gasteiger charge is 2.39. The number of aliphatic hydroxyl groups is 1. The number of ether oxygens (including phenoxy) is 1. The third-order valence-corrected chi connectivity index (χ3v) is 2.34. The lowest BCUT2D eigenvalue weighted by Gasteiger charge is -2.23. The second-order valence-electron chi connectivity index (χ2n) is 3.50. The van der Waals surface area contributed by atoms with Crippen LogP contribution in [0, 0.1) is 5.92 Å². The fraction of sp³-hybridized carbons (Fsp3) is 0.778. The maximum absolute atomic E-state index is 11.5. The molecule has 0 radical (unpaired) electrons. The summed E-state index contributed by atoms with van der Waals surface area (Å²) in [6.45, 7) is 1.64. The standard InChI is InChI=1S/C9H15NO4/c1-6-3-8(12)10(9(6)13)7(4-11)5-14-2/h6-7,11H,3-5H2,1-2H3. The topological polar surface area (TPSA) is 66.8 Å². The van der Waals surface area contributed by atoms with Crippen LogP contribution in [0.15, 0.2) is 0 Å². The van der Waals surface area contributed by atoms with Crippen molar-refractivity contribution in [3.8, 4) is 0 Å². The number of carbonyl (C=O) groups excluding carboxylic acids is 2. The van der Waals surface area contributed by atoms with Gasteiger partial charge in [-0.1, -0.05) is 6.92 Å². The molecule has 1 saturated heterocycles. The second kappa shape index (κ2) is 4.52. The number of amides is 2. The quantitative estimate of drug-likeness (QED) is 0.616. The minimum atomic E-state index is -0.537. The molecular formula is C9H15NO4. The molecule has 2 amide bonds. The number of likely N-dealkylation sites (tertiary alicyclic amines) is 1. The maximum Gasteiger partial charge on any atom is 0.232 e. The first kappa shape index (κ1) is 11.1. The Hall–Kier alpha value is -0.940. The highest BCUT2D eigenvalue weighted by molar-refractivity contribution is 6.03. The maximum atomic E-state index is 11.5. The fourth-order valence-corrected chi connectivity index (χ4v) is 1.59. The first-order valence-corrected chi connectivity index (χ1v) is 4.57. The lowest BCUT2D eigenvalue weighted by atomic mass is 10.1. The van der Waals surface area contributed by atoms with E-state index in [2.05, 4.69) is 0 Å². The van der Waals surface area contributed by atoms with Gasteiger partial charge in [0.2, 0.25) is 11.8 Å². The summed E-state index contributed by atoms with van der Waals surface area (Å²) in [5.41, 5.74) is 0. The van der Waals surface area contributed by atoms with Crippen molar-refractivity contribution >= 4 is 11.8 Å². The molecule has 0 bridgehead atoms. The molecule has 1 aliphatic heterocycles. The number of carbonyl (C=O) groups is 2. The molecule has 5 heteroatoms. The summed E-state index contributed by atoms with van der Waals surface area (Å²) < 4.78 is 4.83. The number of hydrogen-bond acceptors (Lipinski definition) is 4. The summed E-state index contributed by atoms with van der Waals surface area (Å²) in [4.78, 5) is 24.1. The predicted octanol–water partition coefficient (Wildman–Crippen LogP) is -0.611. The molecule has 0 spiro atoms. The normalized spacial score (nSPS) is 24.5. The molecule has 1 N–H and O–H groups in total. The van der Waals surface area contributed by atoms with Gasteiger partial charge < -0.3 is 9.84 Å². The van der Waals surface area contributed by atoms with Crippen LogP contribution < -0.4 is 0 Å². The Bertz CT molecular complexity index is 241. The SMILES string of the molecule is COCC(CO)N1C(=O)CC(C)C1=O. The Labute approximate surface area is 82.6 Å². The third-order valence-electron chi connectivity index (χ3n) is 2.34. The van der Waals surface area contributed by atoms with Gasteiger partial charge in [0.15, 0.2) is 0 Å². The smallest absolute Gasteiger partial charge is 0.232 e. The van der Waals surface area contributed by atoms with Crippen LogP contribution in [0.1, 0.15) is 13.3 Å². The fourth-order valence-electron chi connectivity index (χ4n) is 1.59. The molecule has 80 valence electrons. The first-order chi connectivity index (χ1) is 6.61. The van der Waals surface area contributed by atoms with Gasteiger partial charge in [-0.3, -0.25) is 14.5 Å². The van der Waals surface area contributed by atoms with Crippen molar-refractivity contribution < 1.29 is 19.4 Å². The number of methoxy groups -OCH3 is 1. The van der Waals surface area contributed by atoms with Crippen LogP contribution in [0.25, 0.3) is 0 Å². The predicted molar refractivity (Wildman–Crippen MR) is 48.4 cm³/mol. The molecule has 1 heterocycles. The number of rotatable bonds is 4. The van der Waals surface area contributed by atoms with Gasteiger partial charge in [-0.15, -0.1) is 0 Å². The van der Waals surface area contributed by atoms with E-state index in [4.69, 9.17) is 9.84 Å². The van der Waals surface area contributed by atoms with Crippen molar-refractivity contribution in [2.45, 2.75) is 19.4 Å². The number of hydrogen-bond donors (Lipinski definition) is 1. The molecule has 0 aromatic rings. The van der Waals surface area contributed by atoms with Gasteiger partial charge in [-0.05, 0) is 0 Å². The molecule has 1 fully saturated rings. The zero-order valence-electron chi connectivity index (χ0n) is 8.40. The van der Waals surface area contributed by atoms with E-state index in [-0.39, 0.29) is 37.4 Å². The van der Waals surface area contributed by atoms with Crippen LogP contribution in [0.3, 0.4) is 0 Å². The Morgan fingerprint density at radius 2 is 2.29 bits per heavy atom. The molecule has 5 nitrogen and oxygen atoms in total. The van der Waals surface area contributed by atoms with E-state index in [0.717, 1.165) is 4.90 Å². The van der Waals surface area contributed by atoms with Gasteiger partial charge in [-0.25, -0.2) is 0 Å². The summed E-state index contributed by atoms with van der Waals surface area (Å²) in [5.74, 6) is -0.710. The molecule has 14 heavy (non-hydrogen) atoms. The lowest BCUT2D eigenvalue weighted by molar-refractivity contribution is -0.144. The van der Waals surface area contributed by atoms with Crippen molar-refractivity contribution in [2.75, 3.05) is 20.3 Å². The molecule has 0 aromatic heterocycles. The van der Waals surface area contributed by atoms with Gasteiger partial charge in [0.25, 0.3) is 0 Å². The molecule has 1 rings (SSSR count). The molecular weight excluding hydrogens is 186 g/mol. The van der Waals surface area contributed by atoms with Crippen molar-refractivity contribution in [1.29, 1.82) is 0 Å². The van der Waals surface area contributed by atoms with Crippen molar-refractivity contribution in [2.24, 2.45) is 5.92 Å². The minimum absolute atomic E-state index is 0.181. The average Bonchev–Trinajstić information content (AvgIpc) is 2.39. The van der Waals surface area contributed by atoms with Gasteiger partial charge in [-0.2, -0.15) is 0 Å². The van der Waals surface area contributed by atoms with E-state index >= 15 is 0 Å². The summed E-state index contributed by atoms with van der Waals surface area (Å²) in [6, 6.07) is -0.537. The zero-order valence-corrected chi connectivity index (χ0v) is 8.40. The molecule has 2 unspecified atom stereocenters. The molecule has 0 aliphatic carbocycles. The summed E-state index contributed by atoms with van der Waals surface area (Å²) >= 11 is 0. The van der Waals surface area contributed by atoms with E-state index in [9.17, 15) is 9.59 Å². The van der Waals surface area contributed by atoms with Gasteiger partial charge >= 0.3 is 0 Å². The zero-order chi connectivity index (χ0) is 10.7. The second-order valence-corrected chi connectivity index (χ2v) is 3.50. The highest BCUT2D eigenvalue weighted by Crippen LogP contribution is 2.21. The van der Waals surface area contributed by atoms with E-state index in [1.54, 1.807) is 6.92 Å². The minimum Gasteiger partial charge on any atom is -0.394 e. The van der Waals surface area contributed by atoms with Crippen LogP contribution in [0.2, 0.25) is 0 Å². The number of imide groups is 1. The highest BCUT2D eigenvalue weighted by atomic mass is 16.5. The Morgan fingerprint density at radius 1 is 1.64 bits per heavy atom. The van der Waals surface area contributed by atoms with E-state index < -0.39 is 6.04 Å². The number of nitrogens with zero attached hydrogens (tertiary/aromatic N) is 1. The van der Waals surface area contributed by atoms with Crippen molar-refractivity contribution in [3.05, 3.63) is 0 Å². The van der Waals surface area contributed by atoms with Gasteiger partial charge in [0, 0.05) is 19.4 Å². The first-order valence-electron chi connectivity index (χ1n) is 4.57. The van der Waals surface area contributed by atoms with Gasteiger partial charge in [0.1, 0.15) is 0 Å². The van der Waals surface area contributed by atoms with Crippen LogP contribution >= 0.6 is 0 Å². The lowest BCUT2D eigenvalue weighted by Crippen LogP contribution is -2.45. The van der Waals surface area contributed by atoms with Crippen LogP contribution in [-0.2, 0) is 14.3 Å². The van der Waals surface area contributed by atoms with Crippen LogP contribution in [0.4, 0.5) is 0 Å². The molecule has 0 saturated carbocycles. The largest absolute Gasteiger partial charge is 0.394 e. The Balaban J connectivity index is 2.74.